The van der Waals surface area contributed by atoms with Gasteiger partial charge in [-0.25, -0.2) is 8.42 Å². The molecular formula is C12H17NO2S. The predicted molar refractivity (Wildman–Crippen MR) is 63.6 cm³/mol. The van der Waals surface area contributed by atoms with Crippen molar-refractivity contribution >= 4 is 10.0 Å². The van der Waals surface area contributed by atoms with Crippen LogP contribution in [0.2, 0.25) is 0 Å². The SMILES string of the molecule is CC(C)N(C1CC1)S(=O)(=O)c1ccccc1. The average Bonchev–Trinajstić information content (AvgIpc) is 3.02. The van der Waals surface area contributed by atoms with Crippen LogP contribution in [0.4, 0.5) is 0 Å². The van der Waals surface area contributed by atoms with Gasteiger partial charge < -0.3 is 0 Å². The van der Waals surface area contributed by atoms with Crippen molar-refractivity contribution in [3.8, 4) is 0 Å². The maximum absolute atomic E-state index is 12.4. The van der Waals surface area contributed by atoms with Gasteiger partial charge in [0.2, 0.25) is 10.0 Å². The monoisotopic (exact) mass is 239 g/mol. The summed E-state index contributed by atoms with van der Waals surface area (Å²) in [4.78, 5) is 0.399. The van der Waals surface area contributed by atoms with Crippen LogP contribution in [0.3, 0.4) is 0 Å². The van der Waals surface area contributed by atoms with Gasteiger partial charge in [0.25, 0.3) is 0 Å². The molecule has 0 saturated heterocycles. The summed E-state index contributed by atoms with van der Waals surface area (Å²) in [5.74, 6) is 0. The van der Waals surface area contributed by atoms with Gasteiger partial charge in [-0.05, 0) is 38.8 Å². The Morgan fingerprint density at radius 1 is 1.19 bits per heavy atom. The van der Waals surface area contributed by atoms with E-state index < -0.39 is 10.0 Å². The molecule has 0 radical (unpaired) electrons. The molecular weight excluding hydrogens is 222 g/mol. The van der Waals surface area contributed by atoms with Crippen molar-refractivity contribution in [3.63, 3.8) is 0 Å². The second-order valence-corrected chi connectivity index (χ2v) is 6.32. The van der Waals surface area contributed by atoms with Gasteiger partial charge >= 0.3 is 0 Å². The summed E-state index contributed by atoms with van der Waals surface area (Å²) < 4.78 is 26.4. The second kappa shape index (κ2) is 4.18. The normalized spacial score (nSPS) is 17.0. The van der Waals surface area contributed by atoms with Crippen LogP contribution in [0.5, 0.6) is 0 Å². The molecule has 1 aliphatic carbocycles. The third kappa shape index (κ3) is 2.13. The van der Waals surface area contributed by atoms with E-state index in [4.69, 9.17) is 0 Å². The summed E-state index contributed by atoms with van der Waals surface area (Å²) >= 11 is 0. The van der Waals surface area contributed by atoms with Gasteiger partial charge in [0, 0.05) is 12.1 Å². The van der Waals surface area contributed by atoms with Crippen LogP contribution in [0.1, 0.15) is 26.7 Å². The second-order valence-electron chi connectivity index (χ2n) is 4.47. The molecule has 0 aliphatic heterocycles. The lowest BCUT2D eigenvalue weighted by Crippen LogP contribution is -2.38. The molecule has 1 saturated carbocycles. The largest absolute Gasteiger partial charge is 0.243 e. The molecule has 1 aromatic rings. The van der Waals surface area contributed by atoms with Gasteiger partial charge in [-0.3, -0.25) is 0 Å². The van der Waals surface area contributed by atoms with E-state index >= 15 is 0 Å². The number of sulfonamides is 1. The zero-order chi connectivity index (χ0) is 11.8. The summed E-state index contributed by atoms with van der Waals surface area (Å²) in [6.45, 7) is 3.86. The van der Waals surface area contributed by atoms with E-state index in [1.807, 2.05) is 19.9 Å². The Morgan fingerprint density at radius 2 is 1.75 bits per heavy atom. The highest BCUT2D eigenvalue weighted by Crippen LogP contribution is 2.33. The number of nitrogens with zero attached hydrogens (tertiary/aromatic N) is 1. The van der Waals surface area contributed by atoms with Crippen molar-refractivity contribution in [1.82, 2.24) is 4.31 Å². The van der Waals surface area contributed by atoms with Crippen molar-refractivity contribution < 1.29 is 8.42 Å². The van der Waals surface area contributed by atoms with Gasteiger partial charge in [0.1, 0.15) is 0 Å². The molecule has 0 atom stereocenters. The van der Waals surface area contributed by atoms with Crippen LogP contribution in [-0.4, -0.2) is 24.8 Å². The topological polar surface area (TPSA) is 37.4 Å². The minimum atomic E-state index is -3.30. The van der Waals surface area contributed by atoms with E-state index in [2.05, 4.69) is 0 Å². The molecule has 0 N–H and O–H groups in total. The van der Waals surface area contributed by atoms with Crippen LogP contribution >= 0.6 is 0 Å². The smallest absolute Gasteiger partial charge is 0.207 e. The first-order chi connectivity index (χ1) is 7.53. The minimum absolute atomic E-state index is 0.0257. The standard InChI is InChI=1S/C12H17NO2S/c1-10(2)13(11-8-9-11)16(14,15)12-6-4-3-5-7-12/h3-7,10-11H,8-9H2,1-2H3. The van der Waals surface area contributed by atoms with Crippen LogP contribution in [0.25, 0.3) is 0 Å². The quantitative estimate of drug-likeness (QED) is 0.808. The fraction of sp³-hybridized carbons (Fsp3) is 0.500. The molecule has 0 aromatic heterocycles. The number of hydrogen-bond acceptors (Lipinski definition) is 2. The Morgan fingerprint density at radius 3 is 2.19 bits per heavy atom. The van der Waals surface area contributed by atoms with Crippen LogP contribution in [0.15, 0.2) is 35.2 Å². The third-order valence-corrected chi connectivity index (χ3v) is 4.88. The lowest BCUT2D eigenvalue weighted by molar-refractivity contribution is 0.346. The highest BCUT2D eigenvalue weighted by atomic mass is 32.2. The number of rotatable bonds is 4. The molecule has 0 heterocycles. The molecule has 2 rings (SSSR count). The van der Waals surface area contributed by atoms with Crippen molar-refractivity contribution in [2.75, 3.05) is 0 Å². The lowest BCUT2D eigenvalue weighted by Gasteiger charge is -2.25. The summed E-state index contributed by atoms with van der Waals surface area (Å²) in [6.07, 6.45) is 1.98. The van der Waals surface area contributed by atoms with E-state index in [1.165, 1.54) is 0 Å². The Bertz CT molecular complexity index is 447. The molecule has 0 bridgehead atoms. The number of hydrogen-bond donors (Lipinski definition) is 0. The first-order valence-corrected chi connectivity index (χ1v) is 7.06. The molecule has 3 nitrogen and oxygen atoms in total. The van der Waals surface area contributed by atoms with E-state index in [1.54, 1.807) is 28.6 Å². The first-order valence-electron chi connectivity index (χ1n) is 5.62. The molecule has 1 aliphatic rings. The zero-order valence-electron chi connectivity index (χ0n) is 9.63. The molecule has 0 unspecified atom stereocenters. The summed E-state index contributed by atoms with van der Waals surface area (Å²) in [5.41, 5.74) is 0. The van der Waals surface area contributed by atoms with Gasteiger partial charge in [0.05, 0.1) is 4.90 Å². The van der Waals surface area contributed by atoms with E-state index in [0.29, 0.717) is 4.90 Å². The van der Waals surface area contributed by atoms with Crippen molar-refractivity contribution in [2.45, 2.75) is 43.7 Å². The van der Waals surface area contributed by atoms with Crippen LogP contribution < -0.4 is 0 Å². The molecule has 1 fully saturated rings. The summed E-state index contributed by atoms with van der Waals surface area (Å²) in [5, 5.41) is 0. The molecule has 1 aromatic carbocycles. The minimum Gasteiger partial charge on any atom is -0.207 e. The maximum atomic E-state index is 12.4. The maximum Gasteiger partial charge on any atom is 0.243 e. The van der Waals surface area contributed by atoms with E-state index in [0.717, 1.165) is 12.8 Å². The molecule has 0 amide bonds. The fourth-order valence-corrected chi connectivity index (χ4v) is 3.84. The summed E-state index contributed by atoms with van der Waals surface area (Å²) in [6, 6.07) is 8.91. The van der Waals surface area contributed by atoms with Crippen molar-refractivity contribution in [2.24, 2.45) is 0 Å². The number of benzene rings is 1. The van der Waals surface area contributed by atoms with Gasteiger partial charge in [0.15, 0.2) is 0 Å². The van der Waals surface area contributed by atoms with Gasteiger partial charge in [-0.15, -0.1) is 0 Å². The lowest BCUT2D eigenvalue weighted by atomic mass is 10.4. The third-order valence-electron chi connectivity index (χ3n) is 2.73. The predicted octanol–water partition coefficient (Wildman–Crippen LogP) is 2.25. The Labute approximate surface area is 97.1 Å². The molecule has 4 heteroatoms. The van der Waals surface area contributed by atoms with Crippen LogP contribution in [0, 0.1) is 0 Å². The highest BCUT2D eigenvalue weighted by Gasteiger charge is 2.39. The fourth-order valence-electron chi connectivity index (χ4n) is 1.94. The Kier molecular flexibility index (Phi) is 3.04. The van der Waals surface area contributed by atoms with Crippen molar-refractivity contribution in [1.29, 1.82) is 0 Å². The molecule has 16 heavy (non-hydrogen) atoms. The molecule has 88 valence electrons. The molecule has 0 spiro atoms. The van der Waals surface area contributed by atoms with Crippen molar-refractivity contribution in [3.05, 3.63) is 30.3 Å². The van der Waals surface area contributed by atoms with E-state index in [9.17, 15) is 8.42 Å². The van der Waals surface area contributed by atoms with Crippen LogP contribution in [-0.2, 0) is 10.0 Å². The Hall–Kier alpha value is -0.870. The van der Waals surface area contributed by atoms with E-state index in [-0.39, 0.29) is 12.1 Å². The summed E-state index contributed by atoms with van der Waals surface area (Å²) in [7, 11) is -3.30. The van der Waals surface area contributed by atoms with Gasteiger partial charge in [-0.2, -0.15) is 4.31 Å². The van der Waals surface area contributed by atoms with Gasteiger partial charge in [-0.1, -0.05) is 18.2 Å². The average molecular weight is 239 g/mol. The first kappa shape index (κ1) is 11.6. The highest BCUT2D eigenvalue weighted by molar-refractivity contribution is 7.89. The zero-order valence-corrected chi connectivity index (χ0v) is 10.4. The Balaban J connectivity index is 2.37.